The number of hydrogen-bond acceptors (Lipinski definition) is 0. The summed E-state index contributed by atoms with van der Waals surface area (Å²) < 4.78 is 0. The van der Waals surface area contributed by atoms with Crippen LogP contribution < -0.4 is 0 Å². The molecule has 1 saturated carbocycles. The summed E-state index contributed by atoms with van der Waals surface area (Å²) in [7, 11) is 0. The molecule has 18 heavy (non-hydrogen) atoms. The van der Waals surface area contributed by atoms with Crippen LogP contribution in [0.2, 0.25) is 0 Å². The Kier molecular flexibility index (Phi) is 3.64. The largest absolute Gasteiger partial charge is 0.0769 e. The molecule has 0 nitrogen and oxygen atoms in total. The van der Waals surface area contributed by atoms with Crippen molar-refractivity contribution in [1.29, 1.82) is 0 Å². The molecule has 0 atom stereocenters. The van der Waals surface area contributed by atoms with Gasteiger partial charge in [0.15, 0.2) is 0 Å². The van der Waals surface area contributed by atoms with Crippen molar-refractivity contribution in [3.8, 4) is 0 Å². The summed E-state index contributed by atoms with van der Waals surface area (Å²) in [4.78, 5) is 0. The summed E-state index contributed by atoms with van der Waals surface area (Å²) in [6.45, 7) is 0. The molecule has 0 bridgehead atoms. The predicted octanol–water partition coefficient (Wildman–Crippen LogP) is 5.37. The topological polar surface area (TPSA) is 0 Å². The van der Waals surface area contributed by atoms with Gasteiger partial charge in [0.1, 0.15) is 0 Å². The van der Waals surface area contributed by atoms with E-state index in [2.05, 4.69) is 42.5 Å². The summed E-state index contributed by atoms with van der Waals surface area (Å²) in [5.41, 5.74) is 4.51. The number of rotatable bonds is 3. The van der Waals surface area contributed by atoms with E-state index in [0.29, 0.717) is 0 Å². The summed E-state index contributed by atoms with van der Waals surface area (Å²) in [6.07, 6.45) is 14.5. The van der Waals surface area contributed by atoms with Gasteiger partial charge in [-0.3, -0.25) is 0 Å². The molecule has 3 rings (SSSR count). The number of hydrogen-bond donors (Lipinski definition) is 0. The normalized spacial score (nSPS) is 20.7. The number of allylic oxidation sites excluding steroid dienone is 4. The first-order chi connectivity index (χ1) is 8.93. The molecule has 0 heteroatoms. The van der Waals surface area contributed by atoms with E-state index in [1.807, 2.05) is 0 Å². The summed E-state index contributed by atoms with van der Waals surface area (Å²) in [6, 6.07) is 10.9. The third-order valence-electron chi connectivity index (χ3n) is 4.35. The van der Waals surface area contributed by atoms with Crippen LogP contribution in [0.4, 0.5) is 0 Å². The van der Waals surface area contributed by atoms with Crippen molar-refractivity contribution in [1.82, 2.24) is 0 Å². The second kappa shape index (κ2) is 5.56. The summed E-state index contributed by atoms with van der Waals surface area (Å²) >= 11 is 0. The molecule has 0 saturated heterocycles. The molecule has 2 aliphatic carbocycles. The van der Waals surface area contributed by atoms with Crippen LogP contribution in [-0.2, 0) is 0 Å². The fourth-order valence-electron chi connectivity index (χ4n) is 3.38. The maximum absolute atomic E-state index is 2.44. The molecule has 0 amide bonds. The van der Waals surface area contributed by atoms with Gasteiger partial charge >= 0.3 is 0 Å². The molecular weight excluding hydrogens is 216 g/mol. The van der Waals surface area contributed by atoms with E-state index in [0.717, 1.165) is 12.3 Å². The molecule has 94 valence electrons. The lowest BCUT2D eigenvalue weighted by Gasteiger charge is -2.23. The van der Waals surface area contributed by atoms with Gasteiger partial charge in [0, 0.05) is 0 Å². The average Bonchev–Trinajstić information content (AvgIpc) is 2.89. The van der Waals surface area contributed by atoms with E-state index in [4.69, 9.17) is 0 Å². The monoisotopic (exact) mass is 238 g/mol. The van der Waals surface area contributed by atoms with Crippen molar-refractivity contribution in [2.24, 2.45) is 5.92 Å². The molecule has 0 spiro atoms. The first-order valence-corrected chi connectivity index (χ1v) is 7.38. The van der Waals surface area contributed by atoms with Crippen molar-refractivity contribution >= 4 is 5.57 Å². The molecule has 0 radical (unpaired) electrons. The maximum Gasteiger partial charge on any atom is -0.0154 e. The van der Waals surface area contributed by atoms with Gasteiger partial charge in [0.2, 0.25) is 0 Å². The zero-order valence-electron chi connectivity index (χ0n) is 11.1. The van der Waals surface area contributed by atoms with Gasteiger partial charge < -0.3 is 0 Å². The molecule has 0 N–H and O–H groups in total. The van der Waals surface area contributed by atoms with E-state index < -0.39 is 0 Å². The summed E-state index contributed by atoms with van der Waals surface area (Å²) in [5, 5.41) is 0. The standard InChI is InChI=1S/C18H22/c1-3-8-15(9-4-1)14-17-12-7-13-18(17)16-10-5-2-6-11-16/h2,5-6,10-13,15H,1,3-4,7-9,14H2. The molecule has 1 fully saturated rings. The Morgan fingerprint density at radius 2 is 1.67 bits per heavy atom. The van der Waals surface area contributed by atoms with E-state index in [1.54, 1.807) is 5.57 Å². The van der Waals surface area contributed by atoms with Gasteiger partial charge in [0.25, 0.3) is 0 Å². The Balaban J connectivity index is 1.71. The van der Waals surface area contributed by atoms with E-state index >= 15 is 0 Å². The van der Waals surface area contributed by atoms with Crippen LogP contribution in [-0.4, -0.2) is 0 Å². The fourth-order valence-corrected chi connectivity index (χ4v) is 3.38. The molecule has 1 aromatic rings. The van der Waals surface area contributed by atoms with Crippen LogP contribution in [0.15, 0.2) is 48.1 Å². The van der Waals surface area contributed by atoms with Gasteiger partial charge in [-0.05, 0) is 35.5 Å². The van der Waals surface area contributed by atoms with Gasteiger partial charge in [-0.25, -0.2) is 0 Å². The van der Waals surface area contributed by atoms with Gasteiger partial charge in [-0.2, -0.15) is 0 Å². The lowest BCUT2D eigenvalue weighted by atomic mass is 9.83. The Bertz CT molecular complexity index is 444. The van der Waals surface area contributed by atoms with Crippen molar-refractivity contribution in [3.05, 3.63) is 53.6 Å². The van der Waals surface area contributed by atoms with E-state index in [-0.39, 0.29) is 0 Å². The third-order valence-corrected chi connectivity index (χ3v) is 4.35. The van der Waals surface area contributed by atoms with Gasteiger partial charge in [-0.15, -0.1) is 0 Å². The van der Waals surface area contributed by atoms with Gasteiger partial charge in [-0.1, -0.05) is 74.6 Å². The zero-order chi connectivity index (χ0) is 12.2. The average molecular weight is 238 g/mol. The highest BCUT2D eigenvalue weighted by atomic mass is 14.2. The zero-order valence-corrected chi connectivity index (χ0v) is 11.1. The summed E-state index contributed by atoms with van der Waals surface area (Å²) in [5.74, 6) is 0.940. The highest BCUT2D eigenvalue weighted by Gasteiger charge is 2.19. The van der Waals surface area contributed by atoms with Crippen LogP contribution in [0.1, 0.15) is 50.5 Å². The van der Waals surface area contributed by atoms with Crippen molar-refractivity contribution in [2.75, 3.05) is 0 Å². The van der Waals surface area contributed by atoms with E-state index in [1.165, 1.54) is 49.7 Å². The predicted molar refractivity (Wildman–Crippen MR) is 78.3 cm³/mol. The lowest BCUT2D eigenvalue weighted by Crippen LogP contribution is -2.07. The molecule has 0 aliphatic heterocycles. The Morgan fingerprint density at radius 3 is 2.44 bits per heavy atom. The molecular formula is C18H22. The Morgan fingerprint density at radius 1 is 0.889 bits per heavy atom. The molecule has 0 heterocycles. The smallest absolute Gasteiger partial charge is 0.0154 e. The minimum absolute atomic E-state index is 0.940. The first-order valence-electron chi connectivity index (χ1n) is 7.38. The highest BCUT2D eigenvalue weighted by molar-refractivity contribution is 5.81. The van der Waals surface area contributed by atoms with Crippen LogP contribution in [0.3, 0.4) is 0 Å². The van der Waals surface area contributed by atoms with Gasteiger partial charge in [0.05, 0.1) is 0 Å². The number of benzene rings is 1. The SMILES string of the molecule is C1=C(CC2CCCCC2)C(c2ccccc2)=CC1. The quantitative estimate of drug-likeness (QED) is 0.664. The van der Waals surface area contributed by atoms with Crippen LogP contribution in [0.5, 0.6) is 0 Å². The van der Waals surface area contributed by atoms with Crippen molar-refractivity contribution < 1.29 is 0 Å². The second-order valence-electron chi connectivity index (χ2n) is 5.66. The molecule has 0 aromatic heterocycles. The lowest BCUT2D eigenvalue weighted by molar-refractivity contribution is 0.358. The second-order valence-corrected chi connectivity index (χ2v) is 5.66. The first kappa shape index (κ1) is 11.8. The highest BCUT2D eigenvalue weighted by Crippen LogP contribution is 2.37. The van der Waals surface area contributed by atoms with Crippen molar-refractivity contribution in [2.45, 2.75) is 44.9 Å². The third kappa shape index (κ3) is 2.58. The van der Waals surface area contributed by atoms with Crippen LogP contribution in [0, 0.1) is 5.92 Å². The minimum atomic E-state index is 0.940. The fraction of sp³-hybridized carbons (Fsp3) is 0.444. The van der Waals surface area contributed by atoms with E-state index in [9.17, 15) is 0 Å². The molecule has 2 aliphatic rings. The van der Waals surface area contributed by atoms with Crippen LogP contribution in [0.25, 0.3) is 5.57 Å². The van der Waals surface area contributed by atoms with Crippen LogP contribution >= 0.6 is 0 Å². The Hall–Kier alpha value is -1.30. The maximum atomic E-state index is 2.44. The van der Waals surface area contributed by atoms with Crippen molar-refractivity contribution in [3.63, 3.8) is 0 Å². The Labute approximate surface area is 110 Å². The molecule has 0 unspecified atom stereocenters. The minimum Gasteiger partial charge on any atom is -0.0769 e. The molecule has 1 aromatic carbocycles.